The number of rotatable bonds is 2. The van der Waals surface area contributed by atoms with Crippen molar-refractivity contribution < 1.29 is 4.79 Å². The van der Waals surface area contributed by atoms with Gasteiger partial charge in [0.15, 0.2) is 0 Å². The number of benzene rings is 3. The van der Waals surface area contributed by atoms with E-state index in [2.05, 4.69) is 34.3 Å². The smallest absolute Gasteiger partial charge is 0.318 e. The molecule has 0 fully saturated rings. The fraction of sp³-hybridized carbons (Fsp3) is 0.0800. The highest BCUT2D eigenvalue weighted by atomic mass is 35.5. The van der Waals surface area contributed by atoms with Gasteiger partial charge < -0.3 is 14.8 Å². The zero-order valence-corrected chi connectivity index (χ0v) is 17.0. The molecule has 0 saturated heterocycles. The molecule has 1 aliphatic rings. The van der Waals surface area contributed by atoms with Crippen LogP contribution in [0.2, 0.25) is 5.02 Å². The number of amides is 2. The van der Waals surface area contributed by atoms with E-state index in [4.69, 9.17) is 11.6 Å². The predicted molar refractivity (Wildman–Crippen MR) is 120 cm³/mol. The van der Waals surface area contributed by atoms with Gasteiger partial charge in [-0.3, -0.25) is 0 Å². The minimum absolute atomic E-state index is 0.148. The van der Waals surface area contributed by atoms with Gasteiger partial charge in [0.1, 0.15) is 0 Å². The third-order valence-corrected chi connectivity index (χ3v) is 5.69. The summed E-state index contributed by atoms with van der Waals surface area (Å²) in [5.41, 5.74) is 4.99. The highest BCUT2D eigenvalue weighted by molar-refractivity contribution is 6.30. The minimum atomic E-state index is -0.256. The normalized spacial score (nSPS) is 15.1. The van der Waals surface area contributed by atoms with Gasteiger partial charge in [0, 0.05) is 22.6 Å². The Kier molecular flexibility index (Phi) is 4.77. The van der Waals surface area contributed by atoms with E-state index < -0.39 is 0 Å². The standard InChI is InChI=1S/C25H20ClN3O/c26-20-14-12-18(13-15-20)24-23-11-6-16-28(23)22-10-5-4-7-19(22)17-29(24)25(30)27-21-8-2-1-3-9-21/h1-16,24H,17H2,(H,27,30)/t24-/m1/s1. The largest absolute Gasteiger partial charge is 0.322 e. The molecule has 1 atom stereocenters. The molecule has 2 amide bonds. The molecule has 2 heterocycles. The lowest BCUT2D eigenvalue weighted by atomic mass is 10.0. The quantitative estimate of drug-likeness (QED) is 0.413. The summed E-state index contributed by atoms with van der Waals surface area (Å²) in [7, 11) is 0. The van der Waals surface area contributed by atoms with Crippen LogP contribution in [0.25, 0.3) is 5.69 Å². The van der Waals surface area contributed by atoms with Crippen LogP contribution in [0, 0.1) is 0 Å². The molecule has 0 unspecified atom stereocenters. The molecule has 0 saturated carbocycles. The summed E-state index contributed by atoms with van der Waals surface area (Å²) in [4.78, 5) is 15.4. The third kappa shape index (κ3) is 3.36. The highest BCUT2D eigenvalue weighted by Crippen LogP contribution is 2.37. The zero-order chi connectivity index (χ0) is 20.5. The first-order chi connectivity index (χ1) is 14.7. The molecule has 0 bridgehead atoms. The molecule has 1 N–H and O–H groups in total. The zero-order valence-electron chi connectivity index (χ0n) is 16.2. The maximum atomic E-state index is 13.5. The first-order valence-electron chi connectivity index (χ1n) is 9.84. The molecule has 5 heteroatoms. The number of nitrogens with one attached hydrogen (secondary N) is 1. The van der Waals surface area contributed by atoms with Gasteiger partial charge in [0.05, 0.1) is 18.3 Å². The molecule has 5 rings (SSSR count). The van der Waals surface area contributed by atoms with Crippen LogP contribution in [-0.4, -0.2) is 15.5 Å². The Labute approximate surface area is 180 Å². The van der Waals surface area contributed by atoms with Crippen molar-refractivity contribution in [3.8, 4) is 5.69 Å². The Morgan fingerprint density at radius 2 is 1.60 bits per heavy atom. The highest BCUT2D eigenvalue weighted by Gasteiger charge is 2.32. The molecular weight excluding hydrogens is 394 g/mol. The van der Waals surface area contributed by atoms with Gasteiger partial charge in [-0.2, -0.15) is 0 Å². The Balaban J connectivity index is 1.64. The fourth-order valence-electron chi connectivity index (χ4n) is 4.05. The van der Waals surface area contributed by atoms with Crippen molar-refractivity contribution in [2.24, 2.45) is 0 Å². The van der Waals surface area contributed by atoms with Crippen LogP contribution in [0.5, 0.6) is 0 Å². The van der Waals surface area contributed by atoms with E-state index in [-0.39, 0.29) is 12.1 Å². The van der Waals surface area contributed by atoms with Gasteiger partial charge in [-0.15, -0.1) is 0 Å². The molecule has 1 aromatic heterocycles. The lowest BCUT2D eigenvalue weighted by Crippen LogP contribution is -2.37. The number of urea groups is 1. The SMILES string of the molecule is O=C(Nc1ccccc1)N1Cc2ccccc2-n2cccc2[C@H]1c1ccc(Cl)cc1. The van der Waals surface area contributed by atoms with Gasteiger partial charge in [-0.25, -0.2) is 4.79 Å². The molecule has 3 aromatic carbocycles. The third-order valence-electron chi connectivity index (χ3n) is 5.44. The second-order valence-electron chi connectivity index (χ2n) is 7.31. The van der Waals surface area contributed by atoms with Crippen LogP contribution >= 0.6 is 11.6 Å². The molecule has 4 nitrogen and oxygen atoms in total. The van der Waals surface area contributed by atoms with E-state index >= 15 is 0 Å². The molecule has 30 heavy (non-hydrogen) atoms. The number of aromatic nitrogens is 1. The van der Waals surface area contributed by atoms with Crippen molar-refractivity contribution >= 4 is 23.3 Å². The molecule has 0 spiro atoms. The minimum Gasteiger partial charge on any atom is -0.318 e. The van der Waals surface area contributed by atoms with Crippen LogP contribution < -0.4 is 5.32 Å². The summed E-state index contributed by atoms with van der Waals surface area (Å²) in [5, 5.41) is 3.73. The van der Waals surface area contributed by atoms with E-state index in [1.807, 2.05) is 77.7 Å². The summed E-state index contributed by atoms with van der Waals surface area (Å²) < 4.78 is 2.17. The monoisotopic (exact) mass is 413 g/mol. The summed E-state index contributed by atoms with van der Waals surface area (Å²) in [6.07, 6.45) is 2.05. The molecule has 4 aromatic rings. The van der Waals surface area contributed by atoms with Crippen molar-refractivity contribution in [2.45, 2.75) is 12.6 Å². The van der Waals surface area contributed by atoms with Crippen LogP contribution in [0.4, 0.5) is 10.5 Å². The second kappa shape index (κ2) is 7.73. The average molecular weight is 414 g/mol. The molecule has 0 aliphatic carbocycles. The number of carbonyl (C=O) groups excluding carboxylic acids is 1. The predicted octanol–water partition coefficient (Wildman–Crippen LogP) is 6.27. The number of fused-ring (bicyclic) bond motifs is 3. The number of halogens is 1. The Morgan fingerprint density at radius 1 is 0.867 bits per heavy atom. The van der Waals surface area contributed by atoms with E-state index in [0.717, 1.165) is 28.2 Å². The number of nitrogens with zero attached hydrogens (tertiary/aromatic N) is 2. The van der Waals surface area contributed by atoms with E-state index in [9.17, 15) is 4.79 Å². The maximum Gasteiger partial charge on any atom is 0.322 e. The summed E-state index contributed by atoms with van der Waals surface area (Å²) in [5.74, 6) is 0. The lowest BCUT2D eigenvalue weighted by Gasteiger charge is -2.31. The Hall–Kier alpha value is -3.50. The van der Waals surface area contributed by atoms with Crippen molar-refractivity contribution in [3.05, 3.63) is 119 Å². The molecule has 0 radical (unpaired) electrons. The van der Waals surface area contributed by atoms with E-state index in [0.29, 0.717) is 11.6 Å². The average Bonchev–Trinajstić information content (AvgIpc) is 3.20. The van der Waals surface area contributed by atoms with Crippen LogP contribution in [-0.2, 0) is 6.54 Å². The van der Waals surface area contributed by atoms with Gasteiger partial charge in [-0.1, -0.05) is 60.1 Å². The van der Waals surface area contributed by atoms with Crippen LogP contribution in [0.15, 0.2) is 97.2 Å². The van der Waals surface area contributed by atoms with Crippen LogP contribution in [0.3, 0.4) is 0 Å². The number of hydrogen-bond donors (Lipinski definition) is 1. The first kappa shape index (κ1) is 18.5. The number of para-hydroxylation sites is 2. The number of hydrogen-bond acceptors (Lipinski definition) is 1. The fourth-order valence-corrected chi connectivity index (χ4v) is 4.18. The summed E-state index contributed by atoms with van der Waals surface area (Å²) in [6.45, 7) is 0.490. The molecular formula is C25H20ClN3O. The van der Waals surface area contributed by atoms with Gasteiger partial charge >= 0.3 is 6.03 Å². The summed E-state index contributed by atoms with van der Waals surface area (Å²) in [6, 6.07) is 29.2. The van der Waals surface area contributed by atoms with Gasteiger partial charge in [0.2, 0.25) is 0 Å². The second-order valence-corrected chi connectivity index (χ2v) is 7.75. The van der Waals surface area contributed by atoms with Crippen molar-refractivity contribution in [3.63, 3.8) is 0 Å². The Bertz CT molecular complexity index is 1180. The summed E-state index contributed by atoms with van der Waals surface area (Å²) >= 11 is 6.14. The van der Waals surface area contributed by atoms with Crippen molar-refractivity contribution in [2.75, 3.05) is 5.32 Å². The lowest BCUT2D eigenvalue weighted by molar-refractivity contribution is 0.194. The molecule has 148 valence electrons. The van der Waals surface area contributed by atoms with Gasteiger partial charge in [0.25, 0.3) is 0 Å². The Morgan fingerprint density at radius 3 is 2.40 bits per heavy atom. The van der Waals surface area contributed by atoms with Gasteiger partial charge in [-0.05, 0) is 53.6 Å². The first-order valence-corrected chi connectivity index (χ1v) is 10.2. The molecule has 1 aliphatic heterocycles. The van der Waals surface area contributed by atoms with E-state index in [1.54, 1.807) is 0 Å². The number of anilines is 1. The van der Waals surface area contributed by atoms with Crippen molar-refractivity contribution in [1.29, 1.82) is 0 Å². The maximum absolute atomic E-state index is 13.5. The topological polar surface area (TPSA) is 37.3 Å². The van der Waals surface area contributed by atoms with Crippen LogP contribution in [0.1, 0.15) is 22.9 Å². The number of carbonyl (C=O) groups is 1. The van der Waals surface area contributed by atoms with Crippen molar-refractivity contribution in [1.82, 2.24) is 9.47 Å². The van der Waals surface area contributed by atoms with E-state index in [1.165, 1.54) is 0 Å².